The maximum atomic E-state index is 12.0. The van der Waals surface area contributed by atoms with Gasteiger partial charge in [-0.05, 0) is 26.3 Å². The lowest BCUT2D eigenvalue weighted by molar-refractivity contribution is 0.0275. The molecule has 1 aromatic heterocycles. The summed E-state index contributed by atoms with van der Waals surface area (Å²) in [5.41, 5.74) is 6.01. The molecule has 1 saturated heterocycles. The number of ether oxygens (including phenoxy) is 2. The van der Waals surface area contributed by atoms with E-state index in [1.165, 1.54) is 0 Å². The van der Waals surface area contributed by atoms with Gasteiger partial charge >= 0.3 is 6.09 Å². The average molecular weight is 293 g/mol. The molecule has 0 spiro atoms. The molecule has 1 amide bonds. The van der Waals surface area contributed by atoms with Crippen LogP contribution in [0.2, 0.25) is 0 Å². The topological polar surface area (TPSA) is 77.7 Å². The zero-order valence-electron chi connectivity index (χ0n) is 12.8. The number of hydrogen-bond donors (Lipinski definition) is 1. The monoisotopic (exact) mass is 293 g/mol. The van der Waals surface area contributed by atoms with E-state index in [0.29, 0.717) is 25.5 Å². The van der Waals surface area contributed by atoms with Crippen LogP contribution in [0.4, 0.5) is 4.79 Å². The van der Waals surface area contributed by atoms with Crippen molar-refractivity contribution in [3.8, 4) is 5.88 Å². The number of likely N-dealkylation sites (tertiary alicyclic amines) is 1. The fourth-order valence-corrected chi connectivity index (χ4v) is 2.09. The summed E-state index contributed by atoms with van der Waals surface area (Å²) in [5, 5.41) is 0. The molecule has 0 unspecified atom stereocenters. The van der Waals surface area contributed by atoms with E-state index in [4.69, 9.17) is 15.2 Å². The van der Waals surface area contributed by atoms with Gasteiger partial charge in [0.15, 0.2) is 0 Å². The summed E-state index contributed by atoms with van der Waals surface area (Å²) < 4.78 is 11.1. The van der Waals surface area contributed by atoms with Crippen LogP contribution in [0.1, 0.15) is 32.8 Å². The molecule has 1 aromatic rings. The van der Waals surface area contributed by atoms with Gasteiger partial charge in [-0.25, -0.2) is 9.78 Å². The van der Waals surface area contributed by atoms with Crippen molar-refractivity contribution >= 4 is 6.09 Å². The summed E-state index contributed by atoms with van der Waals surface area (Å²) in [6.07, 6.45) is 2.14. The third-order valence-electron chi connectivity index (χ3n) is 3.12. The first-order valence-corrected chi connectivity index (χ1v) is 7.17. The largest absolute Gasteiger partial charge is 0.472 e. The summed E-state index contributed by atoms with van der Waals surface area (Å²) in [5.74, 6) is 0.559. The summed E-state index contributed by atoms with van der Waals surface area (Å²) in [6, 6.07) is 3.70. The van der Waals surface area contributed by atoms with Gasteiger partial charge in [0.1, 0.15) is 11.7 Å². The third-order valence-corrected chi connectivity index (χ3v) is 3.12. The van der Waals surface area contributed by atoms with Crippen LogP contribution < -0.4 is 10.5 Å². The first kappa shape index (κ1) is 15.6. The van der Waals surface area contributed by atoms with Crippen molar-refractivity contribution in [2.24, 2.45) is 5.73 Å². The predicted molar refractivity (Wildman–Crippen MR) is 79.0 cm³/mol. The number of carbonyl (C=O) groups excluding carboxylic acids is 1. The van der Waals surface area contributed by atoms with Gasteiger partial charge < -0.3 is 20.1 Å². The zero-order valence-corrected chi connectivity index (χ0v) is 12.8. The Hall–Kier alpha value is -1.82. The van der Waals surface area contributed by atoms with Crippen molar-refractivity contribution in [1.82, 2.24) is 9.88 Å². The van der Waals surface area contributed by atoms with Crippen LogP contribution in [0, 0.1) is 0 Å². The van der Waals surface area contributed by atoms with Crippen molar-refractivity contribution in [3.05, 3.63) is 23.9 Å². The van der Waals surface area contributed by atoms with Crippen molar-refractivity contribution in [3.63, 3.8) is 0 Å². The van der Waals surface area contributed by atoms with Crippen LogP contribution in [-0.4, -0.2) is 40.8 Å². The number of rotatable bonds is 3. The molecule has 0 aliphatic carbocycles. The van der Waals surface area contributed by atoms with E-state index < -0.39 is 5.60 Å². The molecule has 6 nitrogen and oxygen atoms in total. The van der Waals surface area contributed by atoms with Gasteiger partial charge in [-0.3, -0.25) is 0 Å². The highest BCUT2D eigenvalue weighted by molar-refractivity contribution is 5.68. The quantitative estimate of drug-likeness (QED) is 0.921. The number of nitrogens with zero attached hydrogens (tertiary/aromatic N) is 2. The Morgan fingerprint density at radius 3 is 2.81 bits per heavy atom. The standard InChI is InChI=1S/C15H23N3O3/c1-15(2,3)21-14(19)18-7-6-12(10-18)20-13-5-4-11(8-16)9-17-13/h4-5,9,12H,6-8,10,16H2,1-3H3/t12-/m0/s1. The molecular formula is C15H23N3O3. The highest BCUT2D eigenvalue weighted by Crippen LogP contribution is 2.19. The number of aromatic nitrogens is 1. The predicted octanol–water partition coefficient (Wildman–Crippen LogP) is 1.93. The smallest absolute Gasteiger partial charge is 0.410 e. The molecule has 0 aromatic carbocycles. The molecular weight excluding hydrogens is 270 g/mol. The third kappa shape index (κ3) is 4.60. The minimum atomic E-state index is -0.477. The fourth-order valence-electron chi connectivity index (χ4n) is 2.09. The summed E-state index contributed by atoms with van der Waals surface area (Å²) >= 11 is 0. The lowest BCUT2D eigenvalue weighted by Gasteiger charge is -2.24. The first-order valence-electron chi connectivity index (χ1n) is 7.17. The molecule has 2 heterocycles. The lowest BCUT2D eigenvalue weighted by atomic mass is 10.2. The van der Waals surface area contributed by atoms with Crippen LogP contribution >= 0.6 is 0 Å². The minimum Gasteiger partial charge on any atom is -0.472 e. The normalized spacial score (nSPS) is 18.7. The Bertz CT molecular complexity index is 482. The number of carbonyl (C=O) groups is 1. The van der Waals surface area contributed by atoms with Gasteiger partial charge in [0.2, 0.25) is 5.88 Å². The van der Waals surface area contributed by atoms with E-state index in [-0.39, 0.29) is 12.2 Å². The lowest BCUT2D eigenvalue weighted by Crippen LogP contribution is -2.36. The second kappa shape index (κ2) is 6.30. The Morgan fingerprint density at radius 2 is 2.24 bits per heavy atom. The summed E-state index contributed by atoms with van der Waals surface area (Å²) in [7, 11) is 0. The number of pyridine rings is 1. The average Bonchev–Trinajstić information content (AvgIpc) is 2.86. The maximum absolute atomic E-state index is 12.0. The molecule has 2 N–H and O–H groups in total. The molecule has 1 aliphatic rings. The second-order valence-electron chi connectivity index (χ2n) is 6.16. The van der Waals surface area contributed by atoms with Crippen molar-refractivity contribution in [2.75, 3.05) is 13.1 Å². The molecule has 0 saturated carbocycles. The van der Waals surface area contributed by atoms with Gasteiger partial charge in [-0.15, -0.1) is 0 Å². The van der Waals surface area contributed by atoms with E-state index in [1.54, 1.807) is 17.2 Å². The molecule has 0 radical (unpaired) electrons. The number of hydrogen-bond acceptors (Lipinski definition) is 5. The maximum Gasteiger partial charge on any atom is 0.410 e. The molecule has 2 rings (SSSR count). The molecule has 1 aliphatic heterocycles. The first-order chi connectivity index (χ1) is 9.87. The van der Waals surface area contributed by atoms with Gasteiger partial charge in [0.05, 0.1) is 6.54 Å². The van der Waals surface area contributed by atoms with E-state index in [2.05, 4.69) is 4.98 Å². The van der Waals surface area contributed by atoms with E-state index in [9.17, 15) is 4.79 Å². The molecule has 1 fully saturated rings. The van der Waals surface area contributed by atoms with Gasteiger partial charge in [0.25, 0.3) is 0 Å². The molecule has 0 bridgehead atoms. The van der Waals surface area contributed by atoms with Gasteiger partial charge in [-0.1, -0.05) is 6.07 Å². The molecule has 21 heavy (non-hydrogen) atoms. The van der Waals surface area contributed by atoms with Crippen molar-refractivity contribution < 1.29 is 14.3 Å². The van der Waals surface area contributed by atoms with Crippen LogP contribution in [0.25, 0.3) is 0 Å². The number of amides is 1. The van der Waals surface area contributed by atoms with Crippen molar-refractivity contribution in [2.45, 2.75) is 45.4 Å². The fraction of sp³-hybridized carbons (Fsp3) is 0.600. The highest BCUT2D eigenvalue weighted by atomic mass is 16.6. The number of nitrogens with two attached hydrogens (primary N) is 1. The summed E-state index contributed by atoms with van der Waals surface area (Å²) in [6.45, 7) is 7.20. The molecule has 116 valence electrons. The Morgan fingerprint density at radius 1 is 1.48 bits per heavy atom. The SMILES string of the molecule is CC(C)(C)OC(=O)N1CC[C@H](Oc2ccc(CN)cn2)C1. The van der Waals surface area contributed by atoms with Crippen LogP contribution in [0.3, 0.4) is 0 Å². The van der Waals surface area contributed by atoms with E-state index in [0.717, 1.165) is 12.0 Å². The Kier molecular flexibility index (Phi) is 4.67. The van der Waals surface area contributed by atoms with Crippen molar-refractivity contribution in [1.29, 1.82) is 0 Å². The minimum absolute atomic E-state index is 0.0475. The zero-order chi connectivity index (χ0) is 15.5. The second-order valence-corrected chi connectivity index (χ2v) is 6.16. The van der Waals surface area contributed by atoms with Crippen LogP contribution in [-0.2, 0) is 11.3 Å². The van der Waals surface area contributed by atoms with E-state index in [1.807, 2.05) is 26.8 Å². The molecule has 1 atom stereocenters. The molecule has 6 heteroatoms. The van der Waals surface area contributed by atoms with E-state index >= 15 is 0 Å². The van der Waals surface area contributed by atoms with Crippen LogP contribution in [0.15, 0.2) is 18.3 Å². The Balaban J connectivity index is 1.86. The van der Waals surface area contributed by atoms with Crippen LogP contribution in [0.5, 0.6) is 5.88 Å². The summed E-state index contributed by atoms with van der Waals surface area (Å²) in [4.78, 5) is 17.8. The Labute approximate surface area is 125 Å². The highest BCUT2D eigenvalue weighted by Gasteiger charge is 2.30. The van der Waals surface area contributed by atoms with Gasteiger partial charge in [-0.2, -0.15) is 0 Å². The van der Waals surface area contributed by atoms with Gasteiger partial charge in [0, 0.05) is 31.8 Å².